The highest BCUT2D eigenvalue weighted by Crippen LogP contribution is 2.04. The summed E-state index contributed by atoms with van der Waals surface area (Å²) in [7, 11) is -3.74. The molecule has 0 spiro atoms. The Bertz CT molecular complexity index is 459. The fraction of sp³-hybridized carbons (Fsp3) is 0.250. The highest BCUT2D eigenvalue weighted by Gasteiger charge is 2.18. The van der Waals surface area contributed by atoms with Gasteiger partial charge < -0.3 is 10.8 Å². The van der Waals surface area contributed by atoms with Crippen molar-refractivity contribution < 1.29 is 18.3 Å². The van der Waals surface area contributed by atoms with Gasteiger partial charge in [0.25, 0.3) is 0 Å². The first-order valence-electron chi connectivity index (χ1n) is 4.31. The minimum absolute atomic E-state index is 0.0346. The summed E-state index contributed by atoms with van der Waals surface area (Å²) in [6.45, 7) is -0.368. The maximum absolute atomic E-state index is 11.6. The van der Waals surface area contributed by atoms with E-state index in [-0.39, 0.29) is 11.4 Å². The lowest BCUT2D eigenvalue weighted by Gasteiger charge is -2.08. The molecule has 0 fully saturated rings. The van der Waals surface area contributed by atoms with Crippen LogP contribution in [0.4, 0.5) is 0 Å². The fourth-order valence-corrected chi connectivity index (χ4v) is 1.90. The van der Waals surface area contributed by atoms with Gasteiger partial charge in [-0.3, -0.25) is 9.78 Å². The van der Waals surface area contributed by atoms with E-state index < -0.39 is 22.0 Å². The van der Waals surface area contributed by atoms with Gasteiger partial charge in [0.1, 0.15) is 10.9 Å². The van der Waals surface area contributed by atoms with Crippen LogP contribution in [0.1, 0.15) is 0 Å². The lowest BCUT2D eigenvalue weighted by molar-refractivity contribution is -0.138. The fourth-order valence-electron chi connectivity index (χ4n) is 0.876. The molecule has 0 aliphatic carbocycles. The lowest BCUT2D eigenvalue weighted by atomic mass is 10.3. The van der Waals surface area contributed by atoms with E-state index in [4.69, 9.17) is 10.8 Å². The molecule has 1 unspecified atom stereocenters. The molecule has 0 aromatic carbocycles. The van der Waals surface area contributed by atoms with Crippen LogP contribution in [0.5, 0.6) is 0 Å². The quantitative estimate of drug-likeness (QED) is 0.597. The van der Waals surface area contributed by atoms with Gasteiger partial charge in [-0.2, -0.15) is 0 Å². The van der Waals surface area contributed by atoms with Crippen LogP contribution in [0.25, 0.3) is 0 Å². The summed E-state index contributed by atoms with van der Waals surface area (Å²) in [4.78, 5) is 14.0. The first kappa shape index (κ1) is 12.6. The molecule has 1 heterocycles. The second kappa shape index (κ2) is 5.01. The average Bonchev–Trinajstić information content (AvgIpc) is 2.27. The predicted octanol–water partition coefficient (Wildman–Crippen LogP) is -1.23. The third kappa shape index (κ3) is 3.26. The first-order chi connectivity index (χ1) is 7.43. The molecule has 7 nitrogen and oxygen atoms in total. The summed E-state index contributed by atoms with van der Waals surface area (Å²) in [6.07, 6.45) is 2.59. The number of nitrogens with zero attached hydrogens (tertiary/aromatic N) is 1. The minimum atomic E-state index is -3.74. The number of carboxylic acid groups (broad SMARTS) is 1. The van der Waals surface area contributed by atoms with Crippen LogP contribution in [0.3, 0.4) is 0 Å². The van der Waals surface area contributed by atoms with Crippen molar-refractivity contribution in [3.63, 3.8) is 0 Å². The number of pyridine rings is 1. The average molecular weight is 245 g/mol. The van der Waals surface area contributed by atoms with E-state index in [2.05, 4.69) is 9.71 Å². The van der Waals surface area contributed by atoms with E-state index in [9.17, 15) is 13.2 Å². The molecule has 1 aromatic heterocycles. The number of carboxylic acids is 1. The Labute approximate surface area is 92.4 Å². The maximum atomic E-state index is 11.6. The van der Waals surface area contributed by atoms with Crippen molar-refractivity contribution in [2.75, 3.05) is 6.54 Å². The van der Waals surface area contributed by atoms with Crippen LogP contribution in [0, 0.1) is 0 Å². The number of sulfonamides is 1. The first-order valence-corrected chi connectivity index (χ1v) is 5.80. The molecule has 0 amide bonds. The van der Waals surface area contributed by atoms with E-state index in [1.807, 2.05) is 0 Å². The van der Waals surface area contributed by atoms with Gasteiger partial charge in [-0.1, -0.05) is 0 Å². The molecular weight excluding hydrogens is 234 g/mol. The van der Waals surface area contributed by atoms with Crippen LogP contribution >= 0.6 is 0 Å². The zero-order chi connectivity index (χ0) is 12.2. The van der Waals surface area contributed by atoms with E-state index in [0.717, 1.165) is 6.20 Å². The molecule has 1 rings (SSSR count). The Kier molecular flexibility index (Phi) is 3.93. The van der Waals surface area contributed by atoms with Gasteiger partial charge in [0.05, 0.1) is 0 Å². The number of aromatic nitrogens is 1. The summed E-state index contributed by atoms with van der Waals surface area (Å²) in [5.41, 5.74) is 5.16. The molecule has 0 saturated heterocycles. The zero-order valence-corrected chi connectivity index (χ0v) is 9.02. The van der Waals surface area contributed by atoms with Crippen LogP contribution in [0.15, 0.2) is 29.4 Å². The topological polar surface area (TPSA) is 122 Å². The van der Waals surface area contributed by atoms with Crippen molar-refractivity contribution in [3.8, 4) is 0 Å². The second-order valence-corrected chi connectivity index (χ2v) is 4.75. The molecule has 0 aliphatic rings. The number of aliphatic carboxylic acids is 1. The Morgan fingerprint density at radius 3 is 2.81 bits per heavy atom. The van der Waals surface area contributed by atoms with Crippen LogP contribution in [0.2, 0.25) is 0 Å². The third-order valence-corrected chi connectivity index (χ3v) is 3.16. The van der Waals surface area contributed by atoms with E-state index in [1.54, 1.807) is 0 Å². The monoisotopic (exact) mass is 245 g/mol. The van der Waals surface area contributed by atoms with Crippen molar-refractivity contribution in [3.05, 3.63) is 24.5 Å². The predicted molar refractivity (Wildman–Crippen MR) is 55.0 cm³/mol. The standard InChI is InChI=1S/C8H11N3O4S/c9-7(8(12)13)5-11-16(14,15)6-2-1-3-10-4-6/h1-4,7,11H,5,9H2,(H,12,13). The van der Waals surface area contributed by atoms with Crippen LogP contribution in [-0.2, 0) is 14.8 Å². The molecule has 0 bridgehead atoms. The summed E-state index contributed by atoms with van der Waals surface area (Å²) < 4.78 is 25.2. The Morgan fingerprint density at radius 1 is 1.62 bits per heavy atom. The van der Waals surface area contributed by atoms with E-state index in [0.29, 0.717) is 0 Å². The summed E-state index contributed by atoms with van der Waals surface area (Å²) in [6, 6.07) is 1.54. The van der Waals surface area contributed by atoms with Gasteiger partial charge >= 0.3 is 5.97 Å². The molecule has 0 saturated carbocycles. The number of nitrogens with one attached hydrogen (secondary N) is 1. The molecule has 4 N–H and O–H groups in total. The van der Waals surface area contributed by atoms with E-state index in [1.165, 1.54) is 18.3 Å². The Morgan fingerprint density at radius 2 is 2.31 bits per heavy atom. The van der Waals surface area contributed by atoms with Gasteiger partial charge in [0.2, 0.25) is 10.0 Å². The zero-order valence-electron chi connectivity index (χ0n) is 8.20. The number of rotatable bonds is 5. The van der Waals surface area contributed by atoms with Gasteiger partial charge in [-0.15, -0.1) is 0 Å². The highest BCUT2D eigenvalue weighted by atomic mass is 32.2. The summed E-state index contributed by atoms with van der Waals surface area (Å²) in [5, 5.41) is 8.48. The molecule has 1 atom stereocenters. The Hall–Kier alpha value is -1.51. The number of hydrogen-bond donors (Lipinski definition) is 3. The maximum Gasteiger partial charge on any atom is 0.321 e. The van der Waals surface area contributed by atoms with Crippen molar-refractivity contribution in [1.82, 2.24) is 9.71 Å². The number of carbonyl (C=O) groups is 1. The molecule has 1 aromatic rings. The minimum Gasteiger partial charge on any atom is -0.480 e. The van der Waals surface area contributed by atoms with Crippen molar-refractivity contribution in [2.45, 2.75) is 10.9 Å². The largest absolute Gasteiger partial charge is 0.480 e. The van der Waals surface area contributed by atoms with E-state index >= 15 is 0 Å². The van der Waals surface area contributed by atoms with Gasteiger partial charge in [0.15, 0.2) is 0 Å². The van der Waals surface area contributed by atoms with Gasteiger partial charge in [0, 0.05) is 18.9 Å². The molecule has 8 heteroatoms. The normalized spacial score (nSPS) is 13.3. The molecule has 0 aliphatic heterocycles. The van der Waals surface area contributed by atoms with Crippen LogP contribution < -0.4 is 10.5 Å². The number of nitrogens with two attached hydrogens (primary N) is 1. The smallest absolute Gasteiger partial charge is 0.321 e. The summed E-state index contributed by atoms with van der Waals surface area (Å²) >= 11 is 0. The van der Waals surface area contributed by atoms with Crippen LogP contribution in [-0.4, -0.2) is 37.1 Å². The molecule has 88 valence electrons. The van der Waals surface area contributed by atoms with Gasteiger partial charge in [-0.05, 0) is 12.1 Å². The van der Waals surface area contributed by atoms with Gasteiger partial charge in [-0.25, -0.2) is 13.1 Å². The number of hydrogen-bond acceptors (Lipinski definition) is 5. The Balaban J connectivity index is 2.71. The van der Waals surface area contributed by atoms with Crippen molar-refractivity contribution in [2.24, 2.45) is 5.73 Å². The van der Waals surface area contributed by atoms with Crippen molar-refractivity contribution in [1.29, 1.82) is 0 Å². The molecule has 0 radical (unpaired) electrons. The molecular formula is C8H11N3O4S. The SMILES string of the molecule is NC(CNS(=O)(=O)c1cccnc1)C(=O)O. The highest BCUT2D eigenvalue weighted by molar-refractivity contribution is 7.89. The van der Waals surface area contributed by atoms with Crippen molar-refractivity contribution >= 4 is 16.0 Å². The second-order valence-electron chi connectivity index (χ2n) is 2.99. The third-order valence-electron chi connectivity index (χ3n) is 1.76. The molecule has 16 heavy (non-hydrogen) atoms. The lowest BCUT2D eigenvalue weighted by Crippen LogP contribution is -2.42. The summed E-state index contributed by atoms with van der Waals surface area (Å²) in [5.74, 6) is -1.27.